The highest BCUT2D eigenvalue weighted by Gasteiger charge is 2.52. The minimum Gasteiger partial charge on any atom is -0.322 e. The van der Waals surface area contributed by atoms with Gasteiger partial charge in [-0.1, -0.05) is 64.3 Å². The lowest BCUT2D eigenvalue weighted by Crippen LogP contribution is -2.52. The molecule has 0 aromatic heterocycles. The average Bonchev–Trinajstić information content (AvgIpc) is 2.93. The molecule has 0 bridgehead atoms. The Kier molecular flexibility index (Phi) is 6.57. The van der Waals surface area contributed by atoms with Gasteiger partial charge in [0, 0.05) is 6.04 Å². The molecular weight excluding hydrogens is 368 g/mol. The van der Waals surface area contributed by atoms with Crippen LogP contribution in [0.3, 0.4) is 0 Å². The lowest BCUT2D eigenvalue weighted by atomic mass is 9.82. The van der Waals surface area contributed by atoms with E-state index in [1.807, 2.05) is 0 Å². The summed E-state index contributed by atoms with van der Waals surface area (Å²) in [5, 5.41) is 6.92. The Bertz CT molecular complexity index is 754. The summed E-state index contributed by atoms with van der Waals surface area (Å²) in [6.45, 7) is 6.31. The standard InChI is InChI=1S/C22H32N4O3/c1-4-16-8-10-17(11-9-16)19(15(2)3)23-14-18(27)25-26-20(28)22(24-21(26)29)12-6-5-7-13-22/h8-11,15,19,23H,4-7,12-14H2,1-3H3,(H,24,29)(H,25,27)/t19-/m1/s1. The average molecular weight is 401 g/mol. The molecule has 0 unspecified atom stereocenters. The second kappa shape index (κ2) is 8.95. The van der Waals surface area contributed by atoms with E-state index in [0.717, 1.165) is 36.3 Å². The highest BCUT2D eigenvalue weighted by atomic mass is 16.2. The van der Waals surface area contributed by atoms with Crippen LogP contribution in [0, 0.1) is 5.92 Å². The van der Waals surface area contributed by atoms with Crippen LogP contribution in [0.25, 0.3) is 0 Å². The minimum absolute atomic E-state index is 0.000510. The van der Waals surface area contributed by atoms with Gasteiger partial charge >= 0.3 is 6.03 Å². The van der Waals surface area contributed by atoms with Crippen molar-refractivity contribution in [2.24, 2.45) is 5.92 Å². The number of carbonyl (C=O) groups is 3. The topological polar surface area (TPSA) is 90.5 Å². The van der Waals surface area contributed by atoms with Crippen molar-refractivity contribution in [3.63, 3.8) is 0 Å². The Morgan fingerprint density at radius 3 is 2.38 bits per heavy atom. The number of benzene rings is 1. The Hall–Kier alpha value is -2.41. The summed E-state index contributed by atoms with van der Waals surface area (Å²) in [5.41, 5.74) is 4.03. The maximum absolute atomic E-state index is 12.8. The number of rotatable bonds is 7. The number of hydrogen-bond donors (Lipinski definition) is 3. The molecule has 2 aliphatic rings. The van der Waals surface area contributed by atoms with Crippen molar-refractivity contribution < 1.29 is 14.4 Å². The fourth-order valence-electron chi connectivity index (χ4n) is 4.28. The van der Waals surface area contributed by atoms with Crippen LogP contribution in [-0.4, -0.2) is 34.9 Å². The third-order valence-corrected chi connectivity index (χ3v) is 6.00. The fourth-order valence-corrected chi connectivity index (χ4v) is 4.28. The summed E-state index contributed by atoms with van der Waals surface area (Å²) in [4.78, 5) is 37.5. The number of amides is 4. The number of nitrogens with one attached hydrogen (secondary N) is 3. The predicted molar refractivity (Wildman–Crippen MR) is 111 cm³/mol. The molecule has 1 aromatic carbocycles. The number of imide groups is 1. The van der Waals surface area contributed by atoms with Crippen molar-refractivity contribution in [2.75, 3.05) is 6.54 Å². The van der Waals surface area contributed by atoms with E-state index in [2.05, 4.69) is 61.1 Å². The molecular formula is C22H32N4O3. The third-order valence-electron chi connectivity index (χ3n) is 6.00. The van der Waals surface area contributed by atoms with Crippen LogP contribution in [-0.2, 0) is 16.0 Å². The predicted octanol–water partition coefficient (Wildman–Crippen LogP) is 2.82. The van der Waals surface area contributed by atoms with Crippen LogP contribution in [0.15, 0.2) is 24.3 Å². The Balaban J connectivity index is 1.59. The smallest absolute Gasteiger partial charge is 0.322 e. The van der Waals surface area contributed by atoms with E-state index in [1.54, 1.807) is 0 Å². The van der Waals surface area contributed by atoms with Gasteiger partial charge in [-0.3, -0.25) is 15.0 Å². The lowest BCUT2D eigenvalue weighted by Gasteiger charge is -2.30. The van der Waals surface area contributed by atoms with Crippen LogP contribution in [0.5, 0.6) is 0 Å². The van der Waals surface area contributed by atoms with Gasteiger partial charge in [0.1, 0.15) is 5.54 Å². The van der Waals surface area contributed by atoms with Crippen molar-refractivity contribution in [3.05, 3.63) is 35.4 Å². The third kappa shape index (κ3) is 4.61. The fraction of sp³-hybridized carbons (Fsp3) is 0.591. The Morgan fingerprint density at radius 2 is 1.79 bits per heavy atom. The van der Waals surface area contributed by atoms with Crippen molar-refractivity contribution in [1.29, 1.82) is 0 Å². The number of urea groups is 1. The largest absolute Gasteiger partial charge is 0.344 e. The Morgan fingerprint density at radius 1 is 1.14 bits per heavy atom. The van der Waals surface area contributed by atoms with Gasteiger partial charge < -0.3 is 10.6 Å². The van der Waals surface area contributed by atoms with E-state index < -0.39 is 17.5 Å². The van der Waals surface area contributed by atoms with Crippen molar-refractivity contribution in [3.8, 4) is 0 Å². The molecule has 158 valence electrons. The van der Waals surface area contributed by atoms with E-state index in [-0.39, 0.29) is 24.4 Å². The number of aryl methyl sites for hydroxylation is 1. The molecule has 7 heteroatoms. The molecule has 1 saturated heterocycles. The van der Waals surface area contributed by atoms with Crippen molar-refractivity contribution in [1.82, 2.24) is 21.1 Å². The second-order valence-corrected chi connectivity index (χ2v) is 8.45. The molecule has 3 rings (SSSR count). The van der Waals surface area contributed by atoms with Crippen molar-refractivity contribution in [2.45, 2.75) is 70.9 Å². The van der Waals surface area contributed by atoms with Crippen LogP contribution < -0.4 is 16.1 Å². The van der Waals surface area contributed by atoms with E-state index in [1.165, 1.54) is 5.56 Å². The maximum Gasteiger partial charge on any atom is 0.344 e. The lowest BCUT2D eigenvalue weighted by molar-refractivity contribution is -0.139. The molecule has 7 nitrogen and oxygen atoms in total. The molecule has 0 radical (unpaired) electrons. The second-order valence-electron chi connectivity index (χ2n) is 8.45. The van der Waals surface area contributed by atoms with Gasteiger partial charge in [-0.2, -0.15) is 5.01 Å². The van der Waals surface area contributed by atoms with Gasteiger partial charge in [-0.25, -0.2) is 4.79 Å². The Labute approximate surface area is 172 Å². The maximum atomic E-state index is 12.8. The summed E-state index contributed by atoms with van der Waals surface area (Å²) < 4.78 is 0. The number of hydrogen-bond acceptors (Lipinski definition) is 4. The van der Waals surface area contributed by atoms with E-state index in [0.29, 0.717) is 12.8 Å². The van der Waals surface area contributed by atoms with Crippen LogP contribution in [0.2, 0.25) is 0 Å². The first-order valence-corrected chi connectivity index (χ1v) is 10.6. The SMILES string of the molecule is CCc1ccc([C@H](NCC(=O)NN2C(=O)NC3(CCCCC3)C2=O)C(C)C)cc1. The molecule has 29 heavy (non-hydrogen) atoms. The molecule has 1 saturated carbocycles. The van der Waals surface area contributed by atoms with E-state index in [4.69, 9.17) is 0 Å². The van der Waals surface area contributed by atoms with Gasteiger partial charge in [0.15, 0.2) is 0 Å². The number of carbonyl (C=O) groups excluding carboxylic acids is 3. The van der Waals surface area contributed by atoms with E-state index >= 15 is 0 Å². The number of nitrogens with zero attached hydrogens (tertiary/aromatic N) is 1. The van der Waals surface area contributed by atoms with E-state index in [9.17, 15) is 14.4 Å². The molecule has 1 heterocycles. The summed E-state index contributed by atoms with van der Waals surface area (Å²) in [5.74, 6) is -0.471. The van der Waals surface area contributed by atoms with Gasteiger partial charge in [0.2, 0.25) is 0 Å². The van der Waals surface area contributed by atoms with Gasteiger partial charge in [0.25, 0.3) is 11.8 Å². The van der Waals surface area contributed by atoms with Crippen LogP contribution >= 0.6 is 0 Å². The molecule has 1 aromatic rings. The zero-order valence-electron chi connectivity index (χ0n) is 17.6. The van der Waals surface area contributed by atoms with Gasteiger partial charge in [-0.15, -0.1) is 0 Å². The zero-order chi connectivity index (χ0) is 21.0. The van der Waals surface area contributed by atoms with Crippen LogP contribution in [0.1, 0.15) is 70.0 Å². The quantitative estimate of drug-likeness (QED) is 0.614. The summed E-state index contributed by atoms with van der Waals surface area (Å²) in [6.07, 6.45) is 5.12. The highest BCUT2D eigenvalue weighted by Crippen LogP contribution is 2.33. The highest BCUT2D eigenvalue weighted by molar-refractivity contribution is 6.08. The minimum atomic E-state index is -0.836. The molecule has 3 N–H and O–H groups in total. The molecule has 1 aliphatic carbocycles. The first-order chi connectivity index (χ1) is 13.9. The number of hydrazine groups is 1. The van der Waals surface area contributed by atoms with Gasteiger partial charge in [-0.05, 0) is 36.3 Å². The first kappa shape index (κ1) is 21.3. The molecule has 4 amide bonds. The monoisotopic (exact) mass is 400 g/mol. The molecule has 1 spiro atoms. The first-order valence-electron chi connectivity index (χ1n) is 10.6. The molecule has 1 aliphatic heterocycles. The van der Waals surface area contributed by atoms with Crippen molar-refractivity contribution >= 4 is 17.8 Å². The van der Waals surface area contributed by atoms with Crippen LogP contribution in [0.4, 0.5) is 4.79 Å². The summed E-state index contributed by atoms with van der Waals surface area (Å²) in [6, 6.07) is 7.82. The summed E-state index contributed by atoms with van der Waals surface area (Å²) >= 11 is 0. The van der Waals surface area contributed by atoms with Gasteiger partial charge in [0.05, 0.1) is 6.54 Å². The summed E-state index contributed by atoms with van der Waals surface area (Å²) in [7, 11) is 0. The normalized spacial score (nSPS) is 19.5. The zero-order valence-corrected chi connectivity index (χ0v) is 17.6. The molecule has 1 atom stereocenters. The molecule has 2 fully saturated rings.